The number of rotatable bonds is 4. The predicted molar refractivity (Wildman–Crippen MR) is 67.0 cm³/mol. The van der Waals surface area contributed by atoms with Crippen molar-refractivity contribution in [2.24, 2.45) is 5.92 Å². The summed E-state index contributed by atoms with van der Waals surface area (Å²) in [7, 11) is 1.63. The number of methoxy groups -OCH3 is 1. The van der Waals surface area contributed by atoms with E-state index in [1.165, 1.54) is 0 Å². The molecule has 0 saturated carbocycles. The average Bonchev–Trinajstić information content (AvgIpc) is 2.40. The molecule has 0 N–H and O–H groups in total. The van der Waals surface area contributed by atoms with Gasteiger partial charge >= 0.3 is 0 Å². The van der Waals surface area contributed by atoms with Crippen LogP contribution in [0.3, 0.4) is 0 Å². The number of hydrogen-bond donors (Lipinski definition) is 0. The van der Waals surface area contributed by atoms with E-state index in [0.717, 1.165) is 30.8 Å². The molecule has 1 aliphatic heterocycles. The monoisotopic (exact) mass is 255 g/mol. The zero-order chi connectivity index (χ0) is 13.0. The molecular formula is C14H19F2NO. The summed E-state index contributed by atoms with van der Waals surface area (Å²) < 4.78 is 30.5. The van der Waals surface area contributed by atoms with Crippen molar-refractivity contribution >= 4 is 0 Å². The summed E-state index contributed by atoms with van der Waals surface area (Å²) in [6.07, 6.45) is -0.675. The van der Waals surface area contributed by atoms with E-state index in [1.807, 2.05) is 24.3 Å². The Morgan fingerprint density at radius 3 is 2.67 bits per heavy atom. The van der Waals surface area contributed by atoms with Gasteiger partial charge in [0.1, 0.15) is 5.75 Å². The number of nitrogens with zero attached hydrogens (tertiary/aromatic N) is 1. The second-order valence-corrected chi connectivity index (χ2v) is 4.82. The normalized spacial score (nSPS) is 21.2. The lowest BCUT2D eigenvalue weighted by Gasteiger charge is -2.32. The third-order valence-electron chi connectivity index (χ3n) is 3.46. The third kappa shape index (κ3) is 3.42. The summed E-state index contributed by atoms with van der Waals surface area (Å²) in [5.74, 6) is 0.361. The van der Waals surface area contributed by atoms with Crippen molar-refractivity contribution in [3.8, 4) is 5.75 Å². The fourth-order valence-electron chi connectivity index (χ4n) is 2.43. The van der Waals surface area contributed by atoms with Crippen LogP contribution >= 0.6 is 0 Å². The fraction of sp³-hybridized carbons (Fsp3) is 0.571. The van der Waals surface area contributed by atoms with Gasteiger partial charge < -0.3 is 4.74 Å². The van der Waals surface area contributed by atoms with Crippen LogP contribution in [0.1, 0.15) is 18.4 Å². The molecule has 4 heteroatoms. The Morgan fingerprint density at radius 2 is 2.06 bits per heavy atom. The maximum Gasteiger partial charge on any atom is 0.242 e. The van der Waals surface area contributed by atoms with Gasteiger partial charge in [-0.3, -0.25) is 4.90 Å². The zero-order valence-electron chi connectivity index (χ0n) is 10.6. The fourth-order valence-corrected chi connectivity index (χ4v) is 2.43. The van der Waals surface area contributed by atoms with Crippen molar-refractivity contribution in [1.82, 2.24) is 4.90 Å². The molecule has 1 heterocycles. The third-order valence-corrected chi connectivity index (χ3v) is 3.46. The van der Waals surface area contributed by atoms with Crippen LogP contribution in [0.4, 0.5) is 8.78 Å². The molecule has 2 rings (SSSR count). The summed E-state index contributed by atoms with van der Waals surface area (Å²) >= 11 is 0. The largest absolute Gasteiger partial charge is 0.497 e. The zero-order valence-corrected chi connectivity index (χ0v) is 10.6. The molecule has 1 aliphatic rings. The number of piperidine rings is 1. The second kappa shape index (κ2) is 6.14. The van der Waals surface area contributed by atoms with Gasteiger partial charge in [-0.2, -0.15) is 0 Å². The first-order valence-electron chi connectivity index (χ1n) is 6.32. The van der Waals surface area contributed by atoms with Gasteiger partial charge in [0.2, 0.25) is 6.43 Å². The smallest absolute Gasteiger partial charge is 0.242 e. The number of benzene rings is 1. The highest BCUT2D eigenvalue weighted by molar-refractivity contribution is 5.27. The molecule has 1 aromatic rings. The van der Waals surface area contributed by atoms with Crippen LogP contribution in [0.2, 0.25) is 0 Å². The van der Waals surface area contributed by atoms with Crippen LogP contribution in [-0.2, 0) is 6.54 Å². The van der Waals surface area contributed by atoms with Gasteiger partial charge in [0.25, 0.3) is 0 Å². The first-order valence-corrected chi connectivity index (χ1v) is 6.32. The van der Waals surface area contributed by atoms with E-state index in [2.05, 4.69) is 4.90 Å². The average molecular weight is 255 g/mol. The summed E-state index contributed by atoms with van der Waals surface area (Å²) in [6, 6.07) is 7.80. The number of ether oxygens (including phenoxy) is 1. The van der Waals surface area contributed by atoms with Crippen molar-refractivity contribution < 1.29 is 13.5 Å². The van der Waals surface area contributed by atoms with Gasteiger partial charge in [0, 0.05) is 19.0 Å². The Balaban J connectivity index is 1.91. The van der Waals surface area contributed by atoms with Crippen molar-refractivity contribution in [2.45, 2.75) is 25.8 Å². The summed E-state index contributed by atoms with van der Waals surface area (Å²) in [5.41, 5.74) is 1.14. The van der Waals surface area contributed by atoms with Crippen LogP contribution in [0.15, 0.2) is 24.3 Å². The SMILES string of the molecule is COc1ccc(CN2CCC[C@H](C(F)F)C2)cc1. The topological polar surface area (TPSA) is 12.5 Å². The van der Waals surface area contributed by atoms with Gasteiger partial charge in [-0.25, -0.2) is 8.78 Å². The Hall–Kier alpha value is -1.16. The van der Waals surface area contributed by atoms with Gasteiger partial charge in [-0.05, 0) is 37.1 Å². The van der Waals surface area contributed by atoms with Crippen molar-refractivity contribution in [3.63, 3.8) is 0 Å². The first-order chi connectivity index (χ1) is 8.69. The Bertz CT molecular complexity index is 367. The number of hydrogen-bond acceptors (Lipinski definition) is 2. The summed E-state index contributed by atoms with van der Waals surface area (Å²) in [6.45, 7) is 2.16. The van der Waals surface area contributed by atoms with E-state index in [-0.39, 0.29) is 0 Å². The molecular weight excluding hydrogens is 236 g/mol. The molecule has 1 saturated heterocycles. The molecule has 0 aromatic heterocycles. The Labute approximate surface area is 107 Å². The van der Waals surface area contributed by atoms with E-state index in [4.69, 9.17) is 4.74 Å². The molecule has 0 amide bonds. The number of halogens is 2. The minimum atomic E-state index is -2.19. The highest BCUT2D eigenvalue weighted by Gasteiger charge is 2.26. The van der Waals surface area contributed by atoms with Crippen LogP contribution in [-0.4, -0.2) is 31.5 Å². The van der Waals surface area contributed by atoms with E-state index in [0.29, 0.717) is 13.0 Å². The first kappa shape index (κ1) is 13.3. The second-order valence-electron chi connectivity index (χ2n) is 4.82. The molecule has 0 unspecified atom stereocenters. The number of alkyl halides is 2. The van der Waals surface area contributed by atoms with Crippen LogP contribution in [0.5, 0.6) is 5.75 Å². The van der Waals surface area contributed by atoms with Gasteiger partial charge in [0.05, 0.1) is 7.11 Å². The molecule has 0 bridgehead atoms. The van der Waals surface area contributed by atoms with E-state index in [1.54, 1.807) is 7.11 Å². The Kier molecular flexibility index (Phi) is 4.53. The summed E-state index contributed by atoms with van der Waals surface area (Å²) in [4.78, 5) is 2.11. The Morgan fingerprint density at radius 1 is 1.33 bits per heavy atom. The lowest BCUT2D eigenvalue weighted by molar-refractivity contribution is 0.0253. The molecule has 2 nitrogen and oxygen atoms in total. The molecule has 100 valence electrons. The van der Waals surface area contributed by atoms with Gasteiger partial charge in [-0.1, -0.05) is 12.1 Å². The van der Waals surface area contributed by atoms with Crippen molar-refractivity contribution in [1.29, 1.82) is 0 Å². The van der Waals surface area contributed by atoms with Gasteiger partial charge in [-0.15, -0.1) is 0 Å². The highest BCUT2D eigenvalue weighted by Crippen LogP contribution is 2.24. The maximum atomic E-state index is 12.7. The molecule has 18 heavy (non-hydrogen) atoms. The minimum Gasteiger partial charge on any atom is -0.497 e. The highest BCUT2D eigenvalue weighted by atomic mass is 19.3. The molecule has 1 aromatic carbocycles. The van der Waals surface area contributed by atoms with E-state index < -0.39 is 12.3 Å². The minimum absolute atomic E-state index is 0.461. The molecule has 1 fully saturated rings. The van der Waals surface area contributed by atoms with Gasteiger partial charge in [0.15, 0.2) is 0 Å². The number of likely N-dealkylation sites (tertiary alicyclic amines) is 1. The summed E-state index contributed by atoms with van der Waals surface area (Å²) in [5, 5.41) is 0. The van der Waals surface area contributed by atoms with Crippen LogP contribution in [0.25, 0.3) is 0 Å². The van der Waals surface area contributed by atoms with E-state index in [9.17, 15) is 8.78 Å². The lowest BCUT2D eigenvalue weighted by Crippen LogP contribution is -2.37. The van der Waals surface area contributed by atoms with E-state index >= 15 is 0 Å². The van der Waals surface area contributed by atoms with Crippen molar-refractivity contribution in [3.05, 3.63) is 29.8 Å². The standard InChI is InChI=1S/C14H19F2NO/c1-18-13-6-4-11(5-7-13)9-17-8-2-3-12(10-17)14(15)16/h4-7,12,14H,2-3,8-10H2,1H3/t12-/m0/s1. The molecule has 0 radical (unpaired) electrons. The maximum absolute atomic E-state index is 12.7. The lowest BCUT2D eigenvalue weighted by atomic mass is 9.98. The predicted octanol–water partition coefficient (Wildman–Crippen LogP) is 3.17. The van der Waals surface area contributed by atoms with Crippen LogP contribution < -0.4 is 4.74 Å². The van der Waals surface area contributed by atoms with Crippen LogP contribution in [0, 0.1) is 5.92 Å². The molecule has 1 atom stereocenters. The molecule has 0 spiro atoms. The van der Waals surface area contributed by atoms with Crippen molar-refractivity contribution in [2.75, 3.05) is 20.2 Å². The quantitative estimate of drug-likeness (QED) is 0.819. The molecule has 0 aliphatic carbocycles.